The molecule has 1 atom stereocenters. The number of nitrogens with one attached hydrogen (secondary N) is 2. The third-order valence-electron chi connectivity index (χ3n) is 5.39. The lowest BCUT2D eigenvalue weighted by Crippen LogP contribution is -2.38. The number of halogens is 2. The zero-order chi connectivity index (χ0) is 20.6. The first-order chi connectivity index (χ1) is 14.0. The fourth-order valence-corrected chi connectivity index (χ4v) is 3.64. The first-order valence-corrected chi connectivity index (χ1v) is 10.6. The molecule has 0 aliphatic carbocycles. The summed E-state index contributed by atoms with van der Waals surface area (Å²) in [5, 5.41) is 17.2. The van der Waals surface area contributed by atoms with E-state index in [1.165, 1.54) is 11.1 Å². The van der Waals surface area contributed by atoms with Gasteiger partial charge in [0.15, 0.2) is 5.96 Å². The van der Waals surface area contributed by atoms with Crippen LogP contribution in [-0.4, -0.2) is 42.2 Å². The minimum absolute atomic E-state index is 0. The summed E-state index contributed by atoms with van der Waals surface area (Å²) >= 11 is 5.97. The van der Waals surface area contributed by atoms with Crippen molar-refractivity contribution in [2.45, 2.75) is 45.0 Å². The molecule has 0 radical (unpaired) electrons. The largest absolute Gasteiger partial charge is 0.393 e. The highest BCUT2D eigenvalue weighted by molar-refractivity contribution is 14.0. The van der Waals surface area contributed by atoms with E-state index in [0.717, 1.165) is 49.0 Å². The standard InChI is InChI=1S/C23H31ClN4O.HI/c1-17(20-7-9-21(24)10-8-20)27-23(25-2)26-15-18-3-5-19(6-4-18)16-28-13-11-22(29)12-14-28;/h3-10,17,22,29H,11-16H2,1-2H3,(H2,25,26,27);1H. The number of hydrogen-bond acceptors (Lipinski definition) is 3. The fourth-order valence-electron chi connectivity index (χ4n) is 3.52. The van der Waals surface area contributed by atoms with Crippen LogP contribution >= 0.6 is 35.6 Å². The number of nitrogens with zero attached hydrogens (tertiary/aromatic N) is 2. The summed E-state index contributed by atoms with van der Waals surface area (Å²) in [4.78, 5) is 6.74. The summed E-state index contributed by atoms with van der Waals surface area (Å²) in [5.74, 6) is 0.767. The predicted octanol–water partition coefficient (Wildman–Crippen LogP) is 4.34. The molecule has 2 aromatic rings. The predicted molar refractivity (Wildman–Crippen MR) is 136 cm³/mol. The van der Waals surface area contributed by atoms with Crippen LogP contribution < -0.4 is 10.6 Å². The number of piperidine rings is 1. The topological polar surface area (TPSA) is 59.9 Å². The molecule has 164 valence electrons. The van der Waals surface area contributed by atoms with Crippen molar-refractivity contribution < 1.29 is 5.11 Å². The van der Waals surface area contributed by atoms with Crippen LogP contribution in [0.15, 0.2) is 53.5 Å². The molecule has 0 bridgehead atoms. The number of aliphatic imine (C=N–C) groups is 1. The van der Waals surface area contributed by atoms with Gasteiger partial charge in [-0.2, -0.15) is 0 Å². The number of guanidine groups is 1. The van der Waals surface area contributed by atoms with Gasteiger partial charge in [-0.15, -0.1) is 24.0 Å². The van der Waals surface area contributed by atoms with E-state index >= 15 is 0 Å². The van der Waals surface area contributed by atoms with Crippen LogP contribution in [-0.2, 0) is 13.1 Å². The van der Waals surface area contributed by atoms with Crippen molar-refractivity contribution in [3.63, 3.8) is 0 Å². The zero-order valence-electron chi connectivity index (χ0n) is 17.6. The summed E-state index contributed by atoms with van der Waals surface area (Å²) in [7, 11) is 1.78. The second-order valence-corrected chi connectivity index (χ2v) is 8.10. The molecule has 0 aromatic heterocycles. The summed E-state index contributed by atoms with van der Waals surface area (Å²) in [6.45, 7) is 5.70. The normalized spacial score (nSPS) is 16.6. The maximum atomic E-state index is 9.63. The minimum atomic E-state index is -0.120. The first kappa shape index (κ1) is 24.9. The van der Waals surface area contributed by atoms with E-state index in [1.807, 2.05) is 24.3 Å². The van der Waals surface area contributed by atoms with Crippen molar-refractivity contribution in [1.29, 1.82) is 0 Å². The highest BCUT2D eigenvalue weighted by Crippen LogP contribution is 2.16. The number of hydrogen-bond donors (Lipinski definition) is 3. The van der Waals surface area contributed by atoms with E-state index in [2.05, 4.69) is 51.7 Å². The molecule has 1 saturated heterocycles. The molecule has 30 heavy (non-hydrogen) atoms. The Kier molecular flexibility index (Phi) is 10.4. The average molecular weight is 543 g/mol. The van der Waals surface area contributed by atoms with Crippen molar-refractivity contribution in [2.75, 3.05) is 20.1 Å². The Hall–Kier alpha value is -1.35. The number of benzene rings is 2. The van der Waals surface area contributed by atoms with Gasteiger partial charge in [-0.3, -0.25) is 9.89 Å². The molecular formula is C23H32ClIN4O. The van der Waals surface area contributed by atoms with Crippen molar-refractivity contribution in [3.05, 3.63) is 70.2 Å². The van der Waals surface area contributed by atoms with Gasteiger partial charge >= 0.3 is 0 Å². The molecule has 7 heteroatoms. The molecule has 5 nitrogen and oxygen atoms in total. The third kappa shape index (κ3) is 7.72. The summed E-state index contributed by atoms with van der Waals surface area (Å²) in [5.41, 5.74) is 3.68. The van der Waals surface area contributed by atoms with Crippen LogP contribution in [0.1, 0.15) is 42.5 Å². The van der Waals surface area contributed by atoms with Crippen LogP contribution in [0.5, 0.6) is 0 Å². The van der Waals surface area contributed by atoms with Crippen molar-refractivity contribution >= 4 is 41.5 Å². The van der Waals surface area contributed by atoms with Gasteiger partial charge in [0.1, 0.15) is 0 Å². The maximum Gasteiger partial charge on any atom is 0.191 e. The number of likely N-dealkylation sites (tertiary alicyclic amines) is 1. The van der Waals surface area contributed by atoms with E-state index in [-0.39, 0.29) is 36.1 Å². The lowest BCUT2D eigenvalue weighted by molar-refractivity contribution is 0.0792. The third-order valence-corrected chi connectivity index (χ3v) is 5.65. The molecule has 3 N–H and O–H groups in total. The molecule has 3 rings (SSSR count). The first-order valence-electron chi connectivity index (χ1n) is 10.2. The van der Waals surface area contributed by atoms with Gasteiger partial charge in [-0.1, -0.05) is 48.0 Å². The molecule has 0 amide bonds. The quantitative estimate of drug-likeness (QED) is 0.289. The Morgan fingerprint density at radius 2 is 1.70 bits per heavy atom. The summed E-state index contributed by atoms with van der Waals surface area (Å²) in [6, 6.07) is 16.7. The van der Waals surface area contributed by atoms with Crippen LogP contribution in [0.4, 0.5) is 0 Å². The second-order valence-electron chi connectivity index (χ2n) is 7.67. The van der Waals surface area contributed by atoms with Crippen LogP contribution in [0.2, 0.25) is 5.02 Å². The zero-order valence-corrected chi connectivity index (χ0v) is 20.7. The Morgan fingerprint density at radius 3 is 2.30 bits per heavy atom. The molecule has 1 fully saturated rings. The Balaban J connectivity index is 0.00000320. The Labute approximate surface area is 201 Å². The van der Waals surface area contributed by atoms with Gasteiger partial charge in [0, 0.05) is 38.2 Å². The monoisotopic (exact) mass is 542 g/mol. The molecule has 1 unspecified atom stereocenters. The van der Waals surface area contributed by atoms with Crippen molar-refractivity contribution in [2.24, 2.45) is 4.99 Å². The van der Waals surface area contributed by atoms with Crippen molar-refractivity contribution in [3.8, 4) is 0 Å². The molecule has 1 heterocycles. The highest BCUT2D eigenvalue weighted by atomic mass is 127. The number of aliphatic hydroxyl groups is 1. The lowest BCUT2D eigenvalue weighted by Gasteiger charge is -2.29. The average Bonchev–Trinajstić information content (AvgIpc) is 2.74. The maximum absolute atomic E-state index is 9.63. The van der Waals surface area contributed by atoms with E-state index in [4.69, 9.17) is 11.6 Å². The van der Waals surface area contributed by atoms with Gasteiger partial charge in [-0.05, 0) is 48.6 Å². The van der Waals surface area contributed by atoms with Gasteiger partial charge in [0.05, 0.1) is 12.1 Å². The van der Waals surface area contributed by atoms with Gasteiger partial charge in [-0.25, -0.2) is 0 Å². The minimum Gasteiger partial charge on any atom is -0.393 e. The molecular weight excluding hydrogens is 511 g/mol. The SMILES string of the molecule is CN=C(NCc1ccc(CN2CCC(O)CC2)cc1)NC(C)c1ccc(Cl)cc1.I. The highest BCUT2D eigenvalue weighted by Gasteiger charge is 2.16. The number of aliphatic hydroxyl groups excluding tert-OH is 1. The molecule has 2 aromatic carbocycles. The lowest BCUT2D eigenvalue weighted by atomic mass is 10.1. The van der Waals surface area contributed by atoms with Gasteiger partial charge in [0.25, 0.3) is 0 Å². The summed E-state index contributed by atoms with van der Waals surface area (Å²) in [6.07, 6.45) is 1.63. The molecule has 0 saturated carbocycles. The summed E-state index contributed by atoms with van der Waals surface area (Å²) < 4.78 is 0. The van der Waals surface area contributed by atoms with E-state index in [9.17, 15) is 5.11 Å². The Morgan fingerprint density at radius 1 is 1.10 bits per heavy atom. The molecule has 0 spiro atoms. The fraction of sp³-hybridized carbons (Fsp3) is 0.435. The number of rotatable bonds is 6. The van der Waals surface area contributed by atoms with Gasteiger partial charge in [0.2, 0.25) is 0 Å². The van der Waals surface area contributed by atoms with Crippen LogP contribution in [0.3, 0.4) is 0 Å². The van der Waals surface area contributed by atoms with Crippen LogP contribution in [0, 0.1) is 0 Å². The van der Waals surface area contributed by atoms with Gasteiger partial charge < -0.3 is 15.7 Å². The second kappa shape index (κ2) is 12.5. The molecule has 1 aliphatic rings. The van der Waals surface area contributed by atoms with E-state index in [1.54, 1.807) is 7.05 Å². The van der Waals surface area contributed by atoms with E-state index < -0.39 is 0 Å². The van der Waals surface area contributed by atoms with E-state index in [0.29, 0.717) is 6.54 Å². The Bertz CT molecular complexity index is 790. The van der Waals surface area contributed by atoms with Crippen LogP contribution in [0.25, 0.3) is 0 Å². The van der Waals surface area contributed by atoms with Crippen molar-refractivity contribution in [1.82, 2.24) is 15.5 Å². The molecule has 1 aliphatic heterocycles. The smallest absolute Gasteiger partial charge is 0.191 e.